The normalized spacial score (nSPS) is 15.5. The zero-order valence-corrected chi connectivity index (χ0v) is 22.7. The van der Waals surface area contributed by atoms with Crippen molar-refractivity contribution in [1.29, 1.82) is 0 Å². The van der Waals surface area contributed by atoms with Gasteiger partial charge in [0.2, 0.25) is 5.78 Å². The van der Waals surface area contributed by atoms with Gasteiger partial charge in [-0.1, -0.05) is 6.07 Å². The fourth-order valence-electron chi connectivity index (χ4n) is 4.83. The number of hydrogen-bond acceptors (Lipinski definition) is 8. The molecule has 0 radical (unpaired) electrons. The third-order valence-corrected chi connectivity index (χ3v) is 6.82. The fourth-order valence-corrected chi connectivity index (χ4v) is 4.83. The lowest BCUT2D eigenvalue weighted by Gasteiger charge is -2.34. The van der Waals surface area contributed by atoms with Crippen LogP contribution in [0.2, 0.25) is 0 Å². The quantitative estimate of drug-likeness (QED) is 0.316. The molecule has 2 aliphatic rings. The van der Waals surface area contributed by atoms with Gasteiger partial charge in [0, 0.05) is 62.6 Å². The molecule has 2 aliphatic heterocycles. The van der Waals surface area contributed by atoms with Crippen LogP contribution in [0.15, 0.2) is 59.3 Å². The first-order valence-corrected chi connectivity index (χ1v) is 12.3. The van der Waals surface area contributed by atoms with Crippen LogP contribution in [0.1, 0.15) is 33.1 Å². The molecule has 0 atom stereocenters. The number of aromatic nitrogens is 2. The molecule has 1 fully saturated rings. The lowest BCUT2D eigenvalue weighted by atomic mass is 10.1. The molecule has 1 saturated heterocycles. The van der Waals surface area contributed by atoms with Crippen LogP contribution in [0.5, 0.6) is 11.5 Å². The summed E-state index contributed by atoms with van der Waals surface area (Å²) in [5, 5.41) is 0.944. The Kier molecular flexibility index (Phi) is 8.89. The maximum Gasteiger partial charge on any atom is 0.228 e. The number of pyridine rings is 2. The third kappa shape index (κ3) is 5.78. The number of aryl methyl sites for hydroxylation is 1. The van der Waals surface area contributed by atoms with Crippen LogP contribution in [0.3, 0.4) is 0 Å². The van der Waals surface area contributed by atoms with Crippen molar-refractivity contribution in [2.45, 2.75) is 20.0 Å². The Hall–Kier alpha value is -3.17. The average Bonchev–Trinajstić information content (AvgIpc) is 3.38. The van der Waals surface area contributed by atoms with Crippen molar-refractivity contribution in [3.63, 3.8) is 0 Å². The van der Waals surface area contributed by atoms with Gasteiger partial charge < -0.3 is 13.9 Å². The number of ether oxygens (including phenoxy) is 2. The number of piperazine rings is 1. The second kappa shape index (κ2) is 12.1. The number of ketones is 1. The SMILES string of the molecule is Cc1ncc(CN2CCN(Cc3ccccn3)CC2)c2cc(C(=O)c3ccc4c(c3)OCCO4)oc12.Cl.Cl. The molecule has 0 bridgehead atoms. The number of carbonyl (C=O) groups excluding carboxylic acids is 1. The smallest absolute Gasteiger partial charge is 0.228 e. The molecule has 6 rings (SSSR count). The Balaban J connectivity index is 0.00000168. The highest BCUT2D eigenvalue weighted by molar-refractivity contribution is 6.09. The molecule has 1 aromatic carbocycles. The molecule has 200 valence electrons. The van der Waals surface area contributed by atoms with Crippen LogP contribution in [0, 0.1) is 6.92 Å². The van der Waals surface area contributed by atoms with Crippen molar-refractivity contribution < 1.29 is 18.7 Å². The van der Waals surface area contributed by atoms with Crippen LogP contribution in [0.25, 0.3) is 11.0 Å². The number of halogens is 2. The number of fused-ring (bicyclic) bond motifs is 2. The zero-order valence-electron chi connectivity index (χ0n) is 21.1. The predicted octanol–water partition coefficient (Wildman–Crippen LogP) is 4.69. The van der Waals surface area contributed by atoms with Crippen LogP contribution >= 0.6 is 24.8 Å². The van der Waals surface area contributed by atoms with Crippen LogP contribution < -0.4 is 9.47 Å². The van der Waals surface area contributed by atoms with E-state index in [2.05, 4.69) is 25.8 Å². The predicted molar refractivity (Wildman–Crippen MR) is 149 cm³/mol. The van der Waals surface area contributed by atoms with Gasteiger partial charge in [0.05, 0.1) is 11.4 Å². The van der Waals surface area contributed by atoms with Crippen molar-refractivity contribution in [2.75, 3.05) is 39.4 Å². The lowest BCUT2D eigenvalue weighted by molar-refractivity contribution is 0.101. The summed E-state index contributed by atoms with van der Waals surface area (Å²) in [5.41, 5.74) is 4.12. The maximum atomic E-state index is 13.3. The Morgan fingerprint density at radius 1 is 0.895 bits per heavy atom. The Morgan fingerprint density at radius 3 is 2.37 bits per heavy atom. The highest BCUT2D eigenvalue weighted by Gasteiger charge is 2.23. The molecule has 0 aliphatic carbocycles. The molecule has 8 nitrogen and oxygen atoms in total. The fraction of sp³-hybridized carbons (Fsp3) is 0.321. The molecule has 5 heterocycles. The molecule has 0 N–H and O–H groups in total. The molecule has 0 saturated carbocycles. The van der Waals surface area contributed by atoms with Gasteiger partial charge in [-0.05, 0) is 48.9 Å². The number of nitrogens with zero attached hydrogens (tertiary/aromatic N) is 4. The molecule has 10 heteroatoms. The number of benzene rings is 1. The summed E-state index contributed by atoms with van der Waals surface area (Å²) in [4.78, 5) is 27.1. The van der Waals surface area contributed by atoms with E-state index in [4.69, 9.17) is 13.9 Å². The van der Waals surface area contributed by atoms with Gasteiger partial charge in [-0.15, -0.1) is 24.8 Å². The molecule has 38 heavy (non-hydrogen) atoms. The van der Waals surface area contributed by atoms with E-state index < -0.39 is 0 Å². The van der Waals surface area contributed by atoms with E-state index in [1.807, 2.05) is 37.5 Å². The standard InChI is InChI=1S/C28H28N4O4.2ClH/c1-19-28-23(15-26(36-28)27(33)20-5-6-24-25(14-20)35-13-12-34-24)21(16-30-19)17-31-8-10-32(11-9-31)18-22-4-2-3-7-29-22;;/h2-7,14-16H,8-13,17-18H2,1H3;2*1H. The van der Waals surface area contributed by atoms with Crippen molar-refractivity contribution in [1.82, 2.24) is 19.8 Å². The van der Waals surface area contributed by atoms with Crippen molar-refractivity contribution >= 4 is 41.6 Å². The number of rotatable bonds is 6. The summed E-state index contributed by atoms with van der Waals surface area (Å²) >= 11 is 0. The van der Waals surface area contributed by atoms with Crippen molar-refractivity contribution in [3.8, 4) is 11.5 Å². The van der Waals surface area contributed by atoms with Gasteiger partial charge in [0.1, 0.15) is 13.2 Å². The van der Waals surface area contributed by atoms with E-state index in [0.717, 1.165) is 61.6 Å². The number of hydrogen-bond donors (Lipinski definition) is 0. The highest BCUT2D eigenvalue weighted by Crippen LogP contribution is 2.33. The molecular formula is C28H30Cl2N4O4. The Bertz CT molecular complexity index is 1410. The minimum atomic E-state index is -0.184. The van der Waals surface area contributed by atoms with Gasteiger partial charge >= 0.3 is 0 Å². The molecular weight excluding hydrogens is 527 g/mol. The first kappa shape index (κ1) is 27.9. The molecule has 0 unspecified atom stereocenters. The van der Waals surface area contributed by atoms with Gasteiger partial charge in [0.25, 0.3) is 0 Å². The lowest BCUT2D eigenvalue weighted by Crippen LogP contribution is -2.45. The van der Waals surface area contributed by atoms with E-state index in [9.17, 15) is 4.79 Å². The number of furan rings is 1. The van der Waals surface area contributed by atoms with Crippen LogP contribution in [-0.2, 0) is 13.1 Å². The average molecular weight is 557 g/mol. The third-order valence-electron chi connectivity index (χ3n) is 6.82. The van der Waals surface area contributed by atoms with Crippen LogP contribution in [0.4, 0.5) is 0 Å². The summed E-state index contributed by atoms with van der Waals surface area (Å²) in [6, 6.07) is 13.2. The molecule has 4 aromatic rings. The monoisotopic (exact) mass is 556 g/mol. The van der Waals surface area contributed by atoms with Crippen LogP contribution in [-0.4, -0.2) is 64.9 Å². The van der Waals surface area contributed by atoms with E-state index >= 15 is 0 Å². The summed E-state index contributed by atoms with van der Waals surface area (Å²) in [6.07, 6.45) is 3.75. The van der Waals surface area contributed by atoms with E-state index in [0.29, 0.717) is 41.6 Å². The molecule has 3 aromatic heterocycles. The Labute approximate surface area is 233 Å². The second-order valence-corrected chi connectivity index (χ2v) is 9.28. The van der Waals surface area contributed by atoms with E-state index in [-0.39, 0.29) is 30.6 Å². The first-order valence-electron chi connectivity index (χ1n) is 12.3. The second-order valence-electron chi connectivity index (χ2n) is 9.28. The topological polar surface area (TPSA) is 80.9 Å². The van der Waals surface area contributed by atoms with Crippen molar-refractivity contribution in [2.24, 2.45) is 0 Å². The highest BCUT2D eigenvalue weighted by atomic mass is 35.5. The minimum Gasteiger partial charge on any atom is -0.486 e. The summed E-state index contributed by atoms with van der Waals surface area (Å²) < 4.78 is 17.3. The minimum absolute atomic E-state index is 0. The van der Waals surface area contributed by atoms with Gasteiger partial charge in [0.15, 0.2) is 22.8 Å². The summed E-state index contributed by atoms with van der Waals surface area (Å²) in [7, 11) is 0. The van der Waals surface area contributed by atoms with Gasteiger partial charge in [-0.2, -0.15) is 0 Å². The summed E-state index contributed by atoms with van der Waals surface area (Å²) in [6.45, 7) is 8.42. The van der Waals surface area contributed by atoms with Crippen molar-refractivity contribution in [3.05, 3.63) is 83.1 Å². The summed E-state index contributed by atoms with van der Waals surface area (Å²) in [5.74, 6) is 1.37. The van der Waals surface area contributed by atoms with Gasteiger partial charge in [-0.3, -0.25) is 24.6 Å². The first-order chi connectivity index (χ1) is 17.6. The largest absolute Gasteiger partial charge is 0.486 e. The van der Waals surface area contributed by atoms with E-state index in [1.54, 1.807) is 18.2 Å². The maximum absolute atomic E-state index is 13.3. The molecule has 0 spiro atoms. The van der Waals surface area contributed by atoms with Gasteiger partial charge in [-0.25, -0.2) is 0 Å². The van der Waals surface area contributed by atoms with E-state index in [1.165, 1.54) is 0 Å². The molecule has 0 amide bonds. The zero-order chi connectivity index (χ0) is 24.5. The Morgan fingerprint density at radius 2 is 1.63 bits per heavy atom. The number of carbonyl (C=O) groups is 1.